The van der Waals surface area contributed by atoms with E-state index < -0.39 is 20.2 Å². The minimum absolute atomic E-state index is 0. The van der Waals surface area contributed by atoms with Gasteiger partial charge in [0.15, 0.2) is 23.0 Å². The summed E-state index contributed by atoms with van der Waals surface area (Å²) in [4.78, 5) is -0.627. The van der Waals surface area contributed by atoms with E-state index >= 15 is 0 Å². The van der Waals surface area contributed by atoms with Crippen molar-refractivity contribution in [2.75, 3.05) is 39.6 Å². The van der Waals surface area contributed by atoms with Crippen LogP contribution in [0.15, 0.2) is 34.1 Å². The van der Waals surface area contributed by atoms with Gasteiger partial charge < -0.3 is 37.5 Å². The zero-order valence-corrected chi connectivity index (χ0v) is 96.9. The average Bonchev–Trinajstić information content (AvgIpc) is 0.807. The van der Waals surface area contributed by atoms with E-state index in [1.54, 1.807) is 0 Å². The van der Waals surface area contributed by atoms with Gasteiger partial charge in [-0.15, -0.1) is 0 Å². The maximum atomic E-state index is 12.3. The normalized spacial score (nSPS) is 11.7. The summed E-state index contributed by atoms with van der Waals surface area (Å²) in [7, 11) is -9.41. The van der Waals surface area contributed by atoms with Gasteiger partial charge in [0.2, 0.25) is 11.5 Å². The van der Waals surface area contributed by atoms with Crippen LogP contribution < -0.4 is 28.4 Å². The predicted octanol–water partition coefficient (Wildman–Crippen LogP) is 40.6. The molecule has 0 aliphatic rings. The molecule has 0 saturated carbocycles. The van der Waals surface area contributed by atoms with E-state index in [-0.39, 0.29) is 58.7 Å². The molecule has 0 atom stereocenters. The first-order chi connectivity index (χ1) is 65.9. The Morgan fingerprint density at radius 1 is 0.156 bits per heavy atom. The second kappa shape index (κ2) is 107. The Morgan fingerprint density at radius 3 is 0.341 bits per heavy atom. The van der Waals surface area contributed by atoms with Crippen LogP contribution in [0, 0.1) is 0 Å². The Kier molecular flexibility index (Phi) is 106. The van der Waals surface area contributed by atoms with Crippen LogP contribution in [-0.2, 0) is 20.2 Å². The SMILES string of the molecule is CCCCCCCCCCCCCCCCCCOc1cc(S(=O)(=O)[O-])cc(OCCCCCCCCCCCCCCCCCC)c1OCCCCCCCCCCCCCCCCCC.CCCCCCCCCCCCCCCCCCOc1cc(S(=O)(=O)[O-])cc(OCCCCCCCCCCCCCCCCCC)c1OCCCCCCCCCCCCCCCCCC.[Ba+2]. The second-order valence-electron chi connectivity index (χ2n) is 41.3. The average molecular weight is 2060 g/mol. The van der Waals surface area contributed by atoms with E-state index in [2.05, 4.69) is 41.5 Å². The molecule has 792 valence electrons. The Labute approximate surface area is 881 Å². The largest absolute Gasteiger partial charge is 2.00 e. The van der Waals surface area contributed by atoms with Crippen molar-refractivity contribution in [3.8, 4) is 34.5 Å². The summed E-state index contributed by atoms with van der Waals surface area (Å²) in [6, 6.07) is 5.44. The van der Waals surface area contributed by atoms with E-state index in [1.807, 2.05) is 0 Å². The summed E-state index contributed by atoms with van der Waals surface area (Å²) in [6.07, 6.45) is 125. The fourth-order valence-corrected chi connectivity index (χ4v) is 20.1. The third kappa shape index (κ3) is 92.3. The molecule has 0 saturated heterocycles. The molecule has 0 spiro atoms. The minimum atomic E-state index is -4.71. The van der Waals surface area contributed by atoms with Crippen LogP contribution in [0.2, 0.25) is 0 Å². The van der Waals surface area contributed by atoms with Crippen LogP contribution in [0.5, 0.6) is 34.5 Å². The molecule has 0 amide bonds. The van der Waals surface area contributed by atoms with Crippen LogP contribution in [0.4, 0.5) is 0 Å². The second-order valence-corrected chi connectivity index (χ2v) is 44.1. The number of benzene rings is 2. The Hall–Kier alpha value is -1.37. The molecule has 0 bridgehead atoms. The summed E-state index contributed by atoms with van der Waals surface area (Å²) in [5.74, 6) is 2.16. The van der Waals surface area contributed by atoms with Crippen molar-refractivity contribution in [2.45, 2.75) is 668 Å². The van der Waals surface area contributed by atoms with Crippen LogP contribution >= 0.6 is 0 Å². The van der Waals surface area contributed by atoms with Crippen molar-refractivity contribution in [3.05, 3.63) is 24.3 Å². The van der Waals surface area contributed by atoms with Crippen LogP contribution in [-0.4, -0.2) is 114 Å². The Bertz CT molecular complexity index is 2620. The predicted molar refractivity (Wildman–Crippen MR) is 585 cm³/mol. The van der Waals surface area contributed by atoms with Crippen molar-refractivity contribution >= 4 is 69.1 Å². The van der Waals surface area contributed by atoms with Crippen molar-refractivity contribution in [3.63, 3.8) is 0 Å². The van der Waals surface area contributed by atoms with Crippen molar-refractivity contribution in [1.29, 1.82) is 0 Å². The van der Waals surface area contributed by atoms with Crippen molar-refractivity contribution in [2.24, 2.45) is 0 Å². The van der Waals surface area contributed by atoms with Gasteiger partial charge in [0.25, 0.3) is 0 Å². The number of hydrogen-bond acceptors (Lipinski definition) is 12. The third-order valence-corrected chi connectivity index (χ3v) is 29.7. The summed E-state index contributed by atoms with van der Waals surface area (Å²) < 4.78 is 112. The topological polar surface area (TPSA) is 170 Å². The van der Waals surface area contributed by atoms with Crippen molar-refractivity contribution < 1.29 is 54.4 Å². The first kappa shape index (κ1) is 134. The molecule has 0 radical (unpaired) electrons. The molecular weight excluding hydrogens is 1830 g/mol. The van der Waals surface area contributed by atoms with E-state index in [9.17, 15) is 25.9 Å². The van der Waals surface area contributed by atoms with Crippen LogP contribution in [0.1, 0.15) is 658 Å². The molecule has 0 aromatic heterocycles. The zero-order valence-electron chi connectivity index (χ0n) is 90.9. The first-order valence-electron chi connectivity index (χ1n) is 59.9. The number of ether oxygens (including phenoxy) is 6. The fraction of sp³-hybridized carbons (Fsp3) is 0.900. The van der Waals surface area contributed by atoms with E-state index in [0.29, 0.717) is 74.1 Å². The third-order valence-electron chi connectivity index (χ3n) is 28.1. The van der Waals surface area contributed by atoms with Crippen LogP contribution in [0.25, 0.3) is 0 Å². The van der Waals surface area contributed by atoms with Crippen molar-refractivity contribution in [1.82, 2.24) is 0 Å². The first-order valence-corrected chi connectivity index (χ1v) is 62.7. The molecule has 0 aliphatic heterocycles. The standard InChI is InChI=1S/2C60H114O6S.Ba/c2*1-4-7-10-13-16-19-22-25-28-31-34-37-40-43-46-49-52-64-58-55-57(67(61,62)63)56-59(65-53-50-47-44-41-38-35-32-29-26-23-20-17-14-11-8-5-2)60(58)66-54-51-48-45-42-39-36-33-30-27-24-21-18-15-12-9-6-3;/h2*55-56H,4-54H2,1-3H3,(H,61,62,63);/q;;+2/p-2. The molecule has 0 aliphatic carbocycles. The molecular formula is C120H226BaO12S2. The molecule has 12 nitrogen and oxygen atoms in total. The van der Waals surface area contributed by atoms with Gasteiger partial charge in [0.1, 0.15) is 20.2 Å². The van der Waals surface area contributed by atoms with E-state index in [0.717, 1.165) is 77.0 Å². The summed E-state index contributed by atoms with van der Waals surface area (Å²) in [6.45, 7) is 16.5. The van der Waals surface area contributed by atoms with Gasteiger partial charge in [-0.3, -0.25) is 0 Å². The molecule has 0 unspecified atom stereocenters. The minimum Gasteiger partial charge on any atom is -0.744 e. The van der Waals surface area contributed by atoms with E-state index in [4.69, 9.17) is 28.4 Å². The molecule has 15 heteroatoms. The smallest absolute Gasteiger partial charge is 0.744 e. The quantitative estimate of drug-likeness (QED) is 0.0349. The molecule has 135 heavy (non-hydrogen) atoms. The summed E-state index contributed by atoms with van der Waals surface area (Å²) in [5, 5.41) is 0. The maximum absolute atomic E-state index is 12.3. The van der Waals surface area contributed by atoms with Gasteiger partial charge in [-0.1, -0.05) is 619 Å². The van der Waals surface area contributed by atoms with Gasteiger partial charge in [0.05, 0.1) is 49.4 Å². The Morgan fingerprint density at radius 2 is 0.244 bits per heavy atom. The summed E-state index contributed by atoms with van der Waals surface area (Å²) in [5.41, 5.74) is 0. The molecule has 2 aromatic rings. The van der Waals surface area contributed by atoms with Gasteiger partial charge in [-0.2, -0.15) is 0 Å². The maximum Gasteiger partial charge on any atom is 2.00 e. The van der Waals surface area contributed by atoms with Gasteiger partial charge in [0, 0.05) is 24.3 Å². The molecule has 0 N–H and O–H groups in total. The fourth-order valence-electron chi connectivity index (χ4n) is 19.1. The molecule has 2 rings (SSSR count). The van der Waals surface area contributed by atoms with Gasteiger partial charge in [-0.25, -0.2) is 16.8 Å². The number of hydrogen-bond donors (Lipinski definition) is 0. The number of unbranched alkanes of at least 4 members (excludes halogenated alkanes) is 90. The molecule has 0 fully saturated rings. The van der Waals surface area contributed by atoms with Gasteiger partial charge in [-0.05, 0) is 38.5 Å². The molecule has 2 aromatic carbocycles. The Balaban J connectivity index is 0.00000264. The summed E-state index contributed by atoms with van der Waals surface area (Å²) >= 11 is 0. The molecule has 0 heterocycles. The van der Waals surface area contributed by atoms with Gasteiger partial charge >= 0.3 is 48.9 Å². The monoisotopic (exact) mass is 2060 g/mol. The zero-order chi connectivity index (χ0) is 96.8. The number of rotatable bonds is 110. The van der Waals surface area contributed by atoms with E-state index in [1.165, 1.54) is 564 Å². The van der Waals surface area contributed by atoms with Crippen LogP contribution in [0.3, 0.4) is 0 Å².